The number of phenolic OH excluding ortho intramolecular Hbond substituents is 1. The maximum absolute atomic E-state index is 12.5. The molecule has 0 saturated carbocycles. The Morgan fingerprint density at radius 2 is 2.10 bits per heavy atom. The van der Waals surface area contributed by atoms with E-state index >= 15 is 0 Å². The minimum absolute atomic E-state index is 0.0000694. The van der Waals surface area contributed by atoms with Crippen LogP contribution >= 0.6 is 11.3 Å². The molecule has 5 heteroatoms. The van der Waals surface area contributed by atoms with Crippen molar-refractivity contribution < 1.29 is 9.90 Å². The summed E-state index contributed by atoms with van der Waals surface area (Å²) in [5, 5.41) is 11.3. The van der Waals surface area contributed by atoms with Gasteiger partial charge in [0.25, 0.3) is 0 Å². The van der Waals surface area contributed by atoms with E-state index in [1.54, 1.807) is 35.6 Å². The summed E-state index contributed by atoms with van der Waals surface area (Å²) >= 11 is 1.76. The van der Waals surface area contributed by atoms with Crippen LogP contribution in [0.3, 0.4) is 0 Å². The zero-order valence-corrected chi connectivity index (χ0v) is 12.5. The largest absolute Gasteiger partial charge is 0.508 e. The number of carbonyl (C=O) groups is 1. The van der Waals surface area contributed by atoms with Gasteiger partial charge in [-0.3, -0.25) is 4.79 Å². The average molecular weight is 302 g/mol. The lowest BCUT2D eigenvalue weighted by Crippen LogP contribution is -2.46. The van der Waals surface area contributed by atoms with Gasteiger partial charge in [0.05, 0.1) is 6.04 Å². The molecule has 3 N–H and O–H groups in total. The molecule has 0 unspecified atom stereocenters. The van der Waals surface area contributed by atoms with Crippen LogP contribution < -0.4 is 5.73 Å². The first kappa shape index (κ1) is 14.1. The van der Waals surface area contributed by atoms with Gasteiger partial charge in [-0.2, -0.15) is 0 Å². The molecule has 1 aliphatic heterocycles. The summed E-state index contributed by atoms with van der Waals surface area (Å²) in [5.74, 6) is 0.222. The van der Waals surface area contributed by atoms with Crippen LogP contribution in [-0.4, -0.2) is 28.5 Å². The van der Waals surface area contributed by atoms with Gasteiger partial charge in [-0.1, -0.05) is 12.1 Å². The van der Waals surface area contributed by atoms with Gasteiger partial charge in [0.1, 0.15) is 5.75 Å². The summed E-state index contributed by atoms with van der Waals surface area (Å²) in [4.78, 5) is 15.7. The molecule has 0 saturated heterocycles. The van der Waals surface area contributed by atoms with Gasteiger partial charge >= 0.3 is 0 Å². The maximum atomic E-state index is 12.5. The van der Waals surface area contributed by atoms with E-state index in [0.717, 1.165) is 18.5 Å². The van der Waals surface area contributed by atoms with Gasteiger partial charge in [0.15, 0.2) is 0 Å². The first-order chi connectivity index (χ1) is 10.1. The highest BCUT2D eigenvalue weighted by Gasteiger charge is 2.25. The maximum Gasteiger partial charge on any atom is 0.240 e. The molecule has 1 aliphatic rings. The third kappa shape index (κ3) is 3.09. The summed E-state index contributed by atoms with van der Waals surface area (Å²) in [6.45, 7) is 1.41. The van der Waals surface area contributed by atoms with Gasteiger partial charge in [-0.25, -0.2) is 0 Å². The van der Waals surface area contributed by atoms with Gasteiger partial charge < -0.3 is 15.7 Å². The molecule has 0 aliphatic carbocycles. The number of benzene rings is 1. The van der Waals surface area contributed by atoms with Crippen molar-refractivity contribution in [1.29, 1.82) is 0 Å². The van der Waals surface area contributed by atoms with Crippen LogP contribution in [0.1, 0.15) is 16.0 Å². The molecule has 1 amide bonds. The standard InChI is InChI=1S/C16H18N2O2S/c17-14(9-11-1-3-13(19)4-2-11)16(20)18-7-5-15-12(10-18)6-8-21-15/h1-4,6,8,14,19H,5,7,9-10,17H2/t14-/m0/s1. The van der Waals surface area contributed by atoms with E-state index in [4.69, 9.17) is 5.73 Å². The molecular weight excluding hydrogens is 284 g/mol. The predicted octanol–water partition coefficient (Wildman–Crippen LogP) is 1.91. The number of phenols is 1. The number of fused-ring (bicyclic) bond motifs is 1. The summed E-state index contributed by atoms with van der Waals surface area (Å²) in [7, 11) is 0. The van der Waals surface area contributed by atoms with E-state index in [9.17, 15) is 9.90 Å². The SMILES string of the molecule is N[C@@H](Cc1ccc(O)cc1)C(=O)N1CCc2sccc2C1. The van der Waals surface area contributed by atoms with Gasteiger partial charge in [0, 0.05) is 18.0 Å². The Hall–Kier alpha value is -1.85. The molecule has 1 aromatic heterocycles. The smallest absolute Gasteiger partial charge is 0.240 e. The molecule has 0 spiro atoms. The number of rotatable bonds is 3. The Bertz CT molecular complexity index is 636. The number of nitrogens with two attached hydrogens (primary N) is 1. The quantitative estimate of drug-likeness (QED) is 0.910. The van der Waals surface area contributed by atoms with Crippen LogP contribution in [0.25, 0.3) is 0 Å². The summed E-state index contributed by atoms with van der Waals surface area (Å²) < 4.78 is 0. The molecule has 1 aromatic carbocycles. The molecule has 21 heavy (non-hydrogen) atoms. The Balaban J connectivity index is 1.64. The lowest BCUT2D eigenvalue weighted by molar-refractivity contribution is -0.133. The van der Waals surface area contributed by atoms with E-state index in [2.05, 4.69) is 11.4 Å². The van der Waals surface area contributed by atoms with Crippen molar-refractivity contribution in [2.45, 2.75) is 25.4 Å². The van der Waals surface area contributed by atoms with Crippen molar-refractivity contribution in [3.63, 3.8) is 0 Å². The highest BCUT2D eigenvalue weighted by molar-refractivity contribution is 7.10. The van der Waals surface area contributed by atoms with Crippen LogP contribution in [0.2, 0.25) is 0 Å². The summed E-state index contributed by atoms with van der Waals surface area (Å²) in [5.41, 5.74) is 8.27. The number of carbonyl (C=O) groups excluding carboxylic acids is 1. The molecule has 1 atom stereocenters. The second-order valence-corrected chi connectivity index (χ2v) is 6.36. The third-order valence-corrected chi connectivity index (χ3v) is 4.85. The fraction of sp³-hybridized carbons (Fsp3) is 0.312. The van der Waals surface area contributed by atoms with E-state index in [1.807, 2.05) is 4.90 Å². The zero-order chi connectivity index (χ0) is 14.8. The van der Waals surface area contributed by atoms with Gasteiger partial charge in [0.2, 0.25) is 5.91 Å². The number of hydrogen-bond donors (Lipinski definition) is 2. The number of thiophene rings is 1. The van der Waals surface area contributed by atoms with Crippen molar-refractivity contribution in [1.82, 2.24) is 4.90 Å². The molecule has 4 nitrogen and oxygen atoms in total. The summed E-state index contributed by atoms with van der Waals surface area (Å²) in [6, 6.07) is 8.39. The first-order valence-electron chi connectivity index (χ1n) is 7.01. The van der Waals surface area contributed by atoms with Crippen LogP contribution in [0, 0.1) is 0 Å². The minimum atomic E-state index is -0.533. The number of hydrogen-bond acceptors (Lipinski definition) is 4. The van der Waals surface area contributed by atoms with E-state index in [0.29, 0.717) is 13.0 Å². The van der Waals surface area contributed by atoms with E-state index in [-0.39, 0.29) is 11.7 Å². The normalized spacial score (nSPS) is 15.6. The second-order valence-electron chi connectivity index (χ2n) is 5.36. The van der Waals surface area contributed by atoms with E-state index < -0.39 is 6.04 Å². The highest BCUT2D eigenvalue weighted by atomic mass is 32.1. The van der Waals surface area contributed by atoms with Crippen molar-refractivity contribution in [2.24, 2.45) is 5.73 Å². The van der Waals surface area contributed by atoms with E-state index in [1.165, 1.54) is 10.4 Å². The molecule has 0 radical (unpaired) electrons. The molecule has 2 heterocycles. The molecular formula is C16H18N2O2S. The first-order valence-corrected chi connectivity index (χ1v) is 7.89. The fourth-order valence-electron chi connectivity index (χ4n) is 2.64. The van der Waals surface area contributed by atoms with Gasteiger partial charge in [-0.15, -0.1) is 11.3 Å². The molecule has 0 fully saturated rings. The fourth-order valence-corrected chi connectivity index (χ4v) is 3.53. The van der Waals surface area contributed by atoms with Crippen molar-refractivity contribution in [2.75, 3.05) is 6.54 Å². The second kappa shape index (κ2) is 5.87. The Labute approximate surface area is 127 Å². The number of amides is 1. The molecule has 3 rings (SSSR count). The minimum Gasteiger partial charge on any atom is -0.508 e. The number of nitrogens with zero attached hydrogens (tertiary/aromatic N) is 1. The van der Waals surface area contributed by atoms with Crippen LogP contribution in [-0.2, 0) is 24.2 Å². The monoisotopic (exact) mass is 302 g/mol. The Kier molecular flexibility index (Phi) is 3.94. The topological polar surface area (TPSA) is 66.6 Å². The Morgan fingerprint density at radius 1 is 1.33 bits per heavy atom. The van der Waals surface area contributed by atoms with Crippen molar-refractivity contribution in [3.05, 3.63) is 51.7 Å². The average Bonchev–Trinajstić information content (AvgIpc) is 2.96. The summed E-state index contributed by atoms with van der Waals surface area (Å²) in [6.07, 6.45) is 1.41. The van der Waals surface area contributed by atoms with Crippen LogP contribution in [0.5, 0.6) is 5.75 Å². The van der Waals surface area contributed by atoms with Crippen molar-refractivity contribution >= 4 is 17.2 Å². The lowest BCUT2D eigenvalue weighted by Gasteiger charge is -2.29. The number of aromatic hydroxyl groups is 1. The van der Waals surface area contributed by atoms with Crippen molar-refractivity contribution in [3.8, 4) is 5.75 Å². The zero-order valence-electron chi connectivity index (χ0n) is 11.7. The van der Waals surface area contributed by atoms with Gasteiger partial charge in [-0.05, 0) is 47.5 Å². The Morgan fingerprint density at radius 3 is 2.86 bits per heavy atom. The third-order valence-electron chi connectivity index (χ3n) is 3.83. The highest BCUT2D eigenvalue weighted by Crippen LogP contribution is 2.24. The molecule has 110 valence electrons. The molecule has 2 aromatic rings. The van der Waals surface area contributed by atoms with Crippen LogP contribution in [0.4, 0.5) is 0 Å². The molecule has 0 bridgehead atoms. The van der Waals surface area contributed by atoms with Crippen LogP contribution in [0.15, 0.2) is 35.7 Å². The lowest BCUT2D eigenvalue weighted by atomic mass is 10.0. The predicted molar refractivity (Wildman–Crippen MR) is 83.2 cm³/mol.